The SMILES string of the molecule is CCOC(=O)Cc1ccc([N+](C)(C)c2cc(C3CCCCC3)nc(CC)c2C)cc1. The first kappa shape index (κ1) is 22.5. The highest BCUT2D eigenvalue weighted by Gasteiger charge is 2.29. The molecule has 3 rings (SSSR count). The smallest absolute Gasteiger partial charge is 0.310 e. The second kappa shape index (κ2) is 9.74. The van der Waals surface area contributed by atoms with Crippen LogP contribution in [0, 0.1) is 6.92 Å². The van der Waals surface area contributed by atoms with Crippen LogP contribution in [0.4, 0.5) is 11.4 Å². The van der Waals surface area contributed by atoms with Crippen molar-refractivity contribution in [3.8, 4) is 0 Å². The first-order valence-electron chi connectivity index (χ1n) is 11.5. The molecule has 4 heteroatoms. The van der Waals surface area contributed by atoms with Gasteiger partial charge in [-0.2, -0.15) is 0 Å². The van der Waals surface area contributed by atoms with E-state index in [1.807, 2.05) is 19.1 Å². The average Bonchev–Trinajstić information content (AvgIpc) is 2.75. The van der Waals surface area contributed by atoms with E-state index in [2.05, 4.69) is 46.1 Å². The molecular weight excluding hydrogens is 372 g/mol. The van der Waals surface area contributed by atoms with Crippen molar-refractivity contribution in [1.29, 1.82) is 0 Å². The molecule has 0 saturated heterocycles. The van der Waals surface area contributed by atoms with Gasteiger partial charge in [0.05, 0.1) is 27.1 Å². The van der Waals surface area contributed by atoms with Crippen LogP contribution in [-0.4, -0.2) is 31.7 Å². The van der Waals surface area contributed by atoms with E-state index in [4.69, 9.17) is 9.72 Å². The van der Waals surface area contributed by atoms with Gasteiger partial charge in [0.2, 0.25) is 0 Å². The molecule has 1 aliphatic rings. The summed E-state index contributed by atoms with van der Waals surface area (Å²) in [6, 6.07) is 10.7. The number of hydrogen-bond donors (Lipinski definition) is 0. The quantitative estimate of drug-likeness (QED) is 0.415. The summed E-state index contributed by atoms with van der Waals surface area (Å²) in [5, 5.41) is 0. The molecule has 162 valence electrons. The van der Waals surface area contributed by atoms with Gasteiger partial charge in [0.1, 0.15) is 11.4 Å². The Kier molecular flexibility index (Phi) is 7.30. The van der Waals surface area contributed by atoms with Crippen molar-refractivity contribution >= 4 is 17.3 Å². The molecule has 0 N–H and O–H groups in total. The van der Waals surface area contributed by atoms with Crippen molar-refractivity contribution in [1.82, 2.24) is 9.47 Å². The van der Waals surface area contributed by atoms with E-state index in [1.165, 1.54) is 60.4 Å². The highest BCUT2D eigenvalue weighted by atomic mass is 16.5. The lowest BCUT2D eigenvalue weighted by Crippen LogP contribution is -2.35. The van der Waals surface area contributed by atoms with E-state index in [1.54, 1.807) is 0 Å². The number of pyridine rings is 1. The summed E-state index contributed by atoms with van der Waals surface area (Å²) in [6.45, 7) is 6.67. The molecule has 0 bridgehead atoms. The highest BCUT2D eigenvalue weighted by molar-refractivity contribution is 5.73. The Morgan fingerprint density at radius 2 is 1.77 bits per heavy atom. The molecule has 2 aromatic rings. The first-order chi connectivity index (χ1) is 14.4. The second-order valence-corrected chi connectivity index (χ2v) is 8.93. The minimum Gasteiger partial charge on any atom is -0.466 e. The molecule has 1 saturated carbocycles. The van der Waals surface area contributed by atoms with Crippen molar-refractivity contribution in [3.05, 3.63) is 52.8 Å². The summed E-state index contributed by atoms with van der Waals surface area (Å²) >= 11 is 0. The molecule has 1 aliphatic carbocycles. The van der Waals surface area contributed by atoms with Crippen LogP contribution in [0.15, 0.2) is 30.3 Å². The third kappa shape index (κ3) is 4.92. The lowest BCUT2D eigenvalue weighted by Gasteiger charge is -2.32. The van der Waals surface area contributed by atoms with Gasteiger partial charge in [-0.15, -0.1) is 0 Å². The third-order valence-electron chi connectivity index (χ3n) is 6.56. The number of carbonyl (C=O) groups is 1. The van der Waals surface area contributed by atoms with Crippen LogP contribution < -0.4 is 4.48 Å². The van der Waals surface area contributed by atoms with Crippen LogP contribution in [0.3, 0.4) is 0 Å². The van der Waals surface area contributed by atoms with Gasteiger partial charge in [0.15, 0.2) is 0 Å². The Labute approximate surface area is 181 Å². The maximum atomic E-state index is 11.8. The second-order valence-electron chi connectivity index (χ2n) is 8.93. The molecule has 1 aromatic carbocycles. The van der Waals surface area contributed by atoms with E-state index in [-0.39, 0.29) is 5.97 Å². The van der Waals surface area contributed by atoms with Crippen LogP contribution in [-0.2, 0) is 22.4 Å². The largest absolute Gasteiger partial charge is 0.466 e. The number of nitrogens with zero attached hydrogens (tertiary/aromatic N) is 2. The lowest BCUT2D eigenvalue weighted by atomic mass is 9.86. The molecule has 1 fully saturated rings. The van der Waals surface area contributed by atoms with Gasteiger partial charge in [0, 0.05) is 28.9 Å². The minimum atomic E-state index is -0.173. The Bertz CT molecular complexity index is 865. The topological polar surface area (TPSA) is 39.2 Å². The summed E-state index contributed by atoms with van der Waals surface area (Å²) < 4.78 is 5.74. The van der Waals surface area contributed by atoms with Crippen molar-refractivity contribution in [2.45, 2.75) is 71.6 Å². The van der Waals surface area contributed by atoms with Crippen LogP contribution >= 0.6 is 0 Å². The van der Waals surface area contributed by atoms with Crippen molar-refractivity contribution in [3.63, 3.8) is 0 Å². The fraction of sp³-hybridized carbons (Fsp3) is 0.538. The predicted octanol–water partition coefficient (Wildman–Crippen LogP) is 6.00. The van der Waals surface area contributed by atoms with Gasteiger partial charge >= 0.3 is 5.97 Å². The zero-order valence-electron chi connectivity index (χ0n) is 19.3. The van der Waals surface area contributed by atoms with Gasteiger partial charge < -0.3 is 4.74 Å². The number of quaternary nitrogens is 1. The Morgan fingerprint density at radius 1 is 1.10 bits per heavy atom. The maximum Gasteiger partial charge on any atom is 0.310 e. The third-order valence-corrected chi connectivity index (χ3v) is 6.56. The first-order valence-corrected chi connectivity index (χ1v) is 11.5. The fourth-order valence-corrected chi connectivity index (χ4v) is 4.70. The van der Waals surface area contributed by atoms with Crippen molar-refractivity contribution in [2.24, 2.45) is 0 Å². The Balaban J connectivity index is 1.93. The van der Waals surface area contributed by atoms with E-state index in [0.717, 1.165) is 12.0 Å². The van der Waals surface area contributed by atoms with E-state index >= 15 is 0 Å². The zero-order chi connectivity index (χ0) is 21.7. The van der Waals surface area contributed by atoms with Gasteiger partial charge in [-0.1, -0.05) is 38.3 Å². The molecule has 30 heavy (non-hydrogen) atoms. The molecule has 4 nitrogen and oxygen atoms in total. The van der Waals surface area contributed by atoms with Gasteiger partial charge in [-0.25, -0.2) is 0 Å². The summed E-state index contributed by atoms with van der Waals surface area (Å²) in [4.78, 5) is 16.9. The van der Waals surface area contributed by atoms with E-state index < -0.39 is 0 Å². The molecule has 0 unspecified atom stereocenters. The molecule has 0 aliphatic heterocycles. The summed E-state index contributed by atoms with van der Waals surface area (Å²) in [5.41, 5.74) is 7.29. The Morgan fingerprint density at radius 3 is 2.37 bits per heavy atom. The maximum absolute atomic E-state index is 11.8. The molecule has 1 heterocycles. The summed E-state index contributed by atoms with van der Waals surface area (Å²) in [6.07, 6.45) is 7.78. The predicted molar refractivity (Wildman–Crippen MR) is 124 cm³/mol. The number of carbonyl (C=O) groups excluding carboxylic acids is 1. The van der Waals surface area contributed by atoms with Gasteiger partial charge in [-0.3, -0.25) is 14.3 Å². The summed E-state index contributed by atoms with van der Waals surface area (Å²) in [7, 11) is 4.49. The molecule has 1 aromatic heterocycles. The molecule has 0 amide bonds. The Hall–Kier alpha value is -2.20. The van der Waals surface area contributed by atoms with Crippen LogP contribution in [0.25, 0.3) is 0 Å². The lowest BCUT2D eigenvalue weighted by molar-refractivity contribution is -0.142. The monoisotopic (exact) mass is 409 g/mol. The number of esters is 1. The average molecular weight is 410 g/mol. The summed E-state index contributed by atoms with van der Waals surface area (Å²) in [5.74, 6) is 0.420. The number of aromatic nitrogens is 1. The molecule has 0 atom stereocenters. The molecule has 0 spiro atoms. The standard InChI is InChI=1S/C26H37N2O2/c1-6-23-19(3)25(18-24(27-23)21-11-9-8-10-12-21)28(4,5)22-15-13-20(14-16-22)17-26(29)30-7-2/h13-16,18,21H,6-12,17H2,1-5H3/q+1. The van der Waals surface area contributed by atoms with Crippen LogP contribution in [0.5, 0.6) is 0 Å². The zero-order valence-corrected chi connectivity index (χ0v) is 19.3. The van der Waals surface area contributed by atoms with Gasteiger partial charge in [0.25, 0.3) is 0 Å². The normalized spacial score (nSPS) is 15.2. The van der Waals surface area contributed by atoms with E-state index in [0.29, 0.717) is 23.4 Å². The van der Waals surface area contributed by atoms with E-state index in [9.17, 15) is 4.79 Å². The number of rotatable bonds is 7. The van der Waals surface area contributed by atoms with Crippen molar-refractivity contribution in [2.75, 3.05) is 20.7 Å². The number of hydrogen-bond acceptors (Lipinski definition) is 3. The number of benzene rings is 1. The van der Waals surface area contributed by atoms with Crippen LogP contribution in [0.1, 0.15) is 74.4 Å². The fourth-order valence-electron chi connectivity index (χ4n) is 4.70. The highest BCUT2D eigenvalue weighted by Crippen LogP contribution is 2.39. The van der Waals surface area contributed by atoms with Crippen molar-refractivity contribution < 1.29 is 9.53 Å². The minimum absolute atomic E-state index is 0.173. The van der Waals surface area contributed by atoms with Gasteiger partial charge in [-0.05, 0) is 50.8 Å². The number of aryl methyl sites for hydroxylation is 1. The molecule has 0 radical (unpaired) electrons. The molecular formula is C26H37N2O2+. The number of ether oxygens (including phenoxy) is 1. The van der Waals surface area contributed by atoms with Crippen LogP contribution in [0.2, 0.25) is 0 Å².